The SMILES string of the molecule is O=Cc1ccc(C2=C(Oc3ccc(OOCN4CCCCC4)cc3)c3ccc(OCc4ccccc4)cc3S2=O)cc1. The summed E-state index contributed by atoms with van der Waals surface area (Å²) in [5, 5.41) is 0. The van der Waals surface area contributed by atoms with E-state index in [0.717, 1.165) is 30.5 Å². The number of fused-ring (bicyclic) bond motifs is 1. The van der Waals surface area contributed by atoms with Crippen LogP contribution in [0.2, 0.25) is 0 Å². The van der Waals surface area contributed by atoms with Gasteiger partial charge < -0.3 is 14.4 Å². The molecule has 2 aliphatic rings. The summed E-state index contributed by atoms with van der Waals surface area (Å²) in [6.45, 7) is 2.88. The molecule has 1 fully saturated rings. The van der Waals surface area contributed by atoms with Crippen molar-refractivity contribution in [2.24, 2.45) is 0 Å². The van der Waals surface area contributed by atoms with E-state index in [2.05, 4.69) is 4.90 Å². The Kier molecular flexibility index (Phi) is 8.75. The number of nitrogens with zero attached hydrogens (tertiary/aromatic N) is 1. The van der Waals surface area contributed by atoms with Crippen LogP contribution in [0.5, 0.6) is 17.2 Å². The predicted octanol–water partition coefficient (Wildman–Crippen LogP) is 6.86. The average Bonchev–Trinajstić information content (AvgIpc) is 3.32. The fraction of sp³-hybridized carbons (Fsp3) is 0.206. The van der Waals surface area contributed by atoms with Crippen molar-refractivity contribution in [3.05, 3.63) is 119 Å². The number of rotatable bonds is 11. The first kappa shape index (κ1) is 27.9. The highest BCUT2D eigenvalue weighted by Gasteiger charge is 2.32. The molecule has 7 nitrogen and oxygen atoms in total. The van der Waals surface area contributed by atoms with Crippen LogP contribution in [0.15, 0.2) is 102 Å². The molecule has 0 amide bonds. The maximum Gasteiger partial charge on any atom is 0.165 e. The second kappa shape index (κ2) is 13.2. The minimum Gasteiger partial charge on any atom is -0.489 e. The topological polar surface area (TPSA) is 74.3 Å². The zero-order valence-electron chi connectivity index (χ0n) is 23.1. The van der Waals surface area contributed by atoms with E-state index >= 15 is 0 Å². The van der Waals surface area contributed by atoms with E-state index in [1.165, 1.54) is 19.3 Å². The highest BCUT2D eigenvalue weighted by molar-refractivity contribution is 7.95. The molecule has 42 heavy (non-hydrogen) atoms. The third-order valence-corrected chi connectivity index (χ3v) is 8.76. The molecule has 0 N–H and O–H groups in total. The van der Waals surface area contributed by atoms with Crippen LogP contribution in [0.4, 0.5) is 0 Å². The molecule has 8 heteroatoms. The van der Waals surface area contributed by atoms with Crippen LogP contribution in [-0.2, 0) is 22.3 Å². The lowest BCUT2D eigenvalue weighted by atomic mass is 10.1. The maximum absolute atomic E-state index is 13.9. The number of aldehydes is 1. The van der Waals surface area contributed by atoms with Gasteiger partial charge in [0.25, 0.3) is 0 Å². The van der Waals surface area contributed by atoms with Gasteiger partial charge in [0.15, 0.2) is 11.5 Å². The molecule has 0 radical (unpaired) electrons. The van der Waals surface area contributed by atoms with Crippen molar-refractivity contribution in [3.63, 3.8) is 0 Å². The van der Waals surface area contributed by atoms with E-state index in [4.69, 9.17) is 19.2 Å². The van der Waals surface area contributed by atoms with E-state index < -0.39 is 10.8 Å². The molecule has 0 aliphatic carbocycles. The number of hydrogen-bond donors (Lipinski definition) is 0. The Labute approximate surface area is 247 Å². The van der Waals surface area contributed by atoms with Crippen LogP contribution in [-0.4, -0.2) is 35.2 Å². The first-order valence-electron chi connectivity index (χ1n) is 14.0. The molecule has 0 bridgehead atoms. The molecule has 214 valence electrons. The third-order valence-electron chi connectivity index (χ3n) is 7.23. The second-order valence-electron chi connectivity index (χ2n) is 10.2. The predicted molar refractivity (Wildman–Crippen MR) is 161 cm³/mol. The summed E-state index contributed by atoms with van der Waals surface area (Å²) < 4.78 is 26.3. The molecule has 4 aromatic carbocycles. The summed E-state index contributed by atoms with van der Waals surface area (Å²) in [6.07, 6.45) is 4.42. The molecular formula is C34H31NO6S. The van der Waals surface area contributed by atoms with Crippen LogP contribution in [0.25, 0.3) is 10.7 Å². The van der Waals surface area contributed by atoms with Crippen molar-refractivity contribution >= 4 is 27.8 Å². The lowest BCUT2D eigenvalue weighted by Crippen LogP contribution is -2.32. The molecular weight excluding hydrogens is 550 g/mol. The van der Waals surface area contributed by atoms with Gasteiger partial charge in [-0.15, -0.1) is 0 Å². The summed E-state index contributed by atoms with van der Waals surface area (Å²) in [5.41, 5.74) is 3.02. The van der Waals surface area contributed by atoms with Gasteiger partial charge in [-0.05, 0) is 66.4 Å². The van der Waals surface area contributed by atoms with E-state index in [1.54, 1.807) is 54.6 Å². The minimum absolute atomic E-state index is 0.402. The zero-order valence-corrected chi connectivity index (χ0v) is 23.9. The molecule has 6 rings (SSSR count). The highest BCUT2D eigenvalue weighted by atomic mass is 32.2. The number of hydrogen-bond acceptors (Lipinski definition) is 7. The molecule has 1 atom stereocenters. The number of carbonyl (C=O) groups is 1. The van der Waals surface area contributed by atoms with E-state index in [1.807, 2.05) is 42.5 Å². The minimum atomic E-state index is -1.53. The fourth-order valence-corrected chi connectivity index (χ4v) is 6.46. The van der Waals surface area contributed by atoms with Crippen LogP contribution in [0.3, 0.4) is 0 Å². The molecule has 1 unspecified atom stereocenters. The van der Waals surface area contributed by atoms with Crippen molar-refractivity contribution in [2.75, 3.05) is 19.8 Å². The van der Waals surface area contributed by atoms with E-state index in [0.29, 0.717) is 57.3 Å². The molecule has 2 heterocycles. The Hall–Kier alpha value is -4.24. The van der Waals surface area contributed by atoms with E-state index in [9.17, 15) is 9.00 Å². The molecule has 0 saturated carbocycles. The van der Waals surface area contributed by atoms with Gasteiger partial charge in [0.1, 0.15) is 31.1 Å². The third kappa shape index (κ3) is 6.46. The Balaban J connectivity index is 1.22. The van der Waals surface area contributed by atoms with Crippen LogP contribution in [0.1, 0.15) is 46.3 Å². The maximum atomic E-state index is 13.9. The van der Waals surface area contributed by atoms with Gasteiger partial charge in [-0.3, -0.25) is 9.69 Å². The monoisotopic (exact) mass is 581 g/mol. The summed E-state index contributed by atoms with van der Waals surface area (Å²) in [7, 11) is -1.53. The summed E-state index contributed by atoms with van der Waals surface area (Å²) >= 11 is 0. The molecule has 1 saturated heterocycles. The molecule has 0 spiro atoms. The van der Waals surface area contributed by atoms with Crippen molar-refractivity contribution in [3.8, 4) is 17.2 Å². The molecule has 2 aliphatic heterocycles. The van der Waals surface area contributed by atoms with Crippen molar-refractivity contribution in [2.45, 2.75) is 30.8 Å². The Morgan fingerprint density at radius 2 is 1.50 bits per heavy atom. The van der Waals surface area contributed by atoms with Crippen LogP contribution >= 0.6 is 0 Å². The standard InChI is InChI=1S/C34H31NO6S/c36-22-25-9-11-27(12-10-25)34-33(40-28-13-15-29(16-14-28)41-39-24-35-19-5-2-6-20-35)31-18-17-30(21-32(31)42(34)37)38-23-26-7-3-1-4-8-26/h1,3-4,7-18,21-22H,2,5-6,19-20,23-24H2. The Bertz CT molecular complexity index is 1580. The Morgan fingerprint density at radius 1 is 0.786 bits per heavy atom. The summed E-state index contributed by atoms with van der Waals surface area (Å²) in [5.74, 6) is 2.24. The lowest BCUT2D eigenvalue weighted by molar-refractivity contribution is -0.237. The lowest BCUT2D eigenvalue weighted by Gasteiger charge is -2.25. The number of ether oxygens (including phenoxy) is 2. The van der Waals surface area contributed by atoms with Gasteiger partial charge in [-0.2, -0.15) is 4.89 Å². The number of carbonyl (C=O) groups excluding carboxylic acids is 1. The van der Waals surface area contributed by atoms with Crippen molar-refractivity contribution in [1.82, 2.24) is 4.90 Å². The number of piperidine rings is 1. The molecule has 4 aromatic rings. The Morgan fingerprint density at radius 3 is 2.24 bits per heavy atom. The van der Waals surface area contributed by atoms with Gasteiger partial charge >= 0.3 is 0 Å². The number of likely N-dealkylation sites (tertiary alicyclic amines) is 1. The van der Waals surface area contributed by atoms with Crippen molar-refractivity contribution < 1.29 is 28.3 Å². The van der Waals surface area contributed by atoms with Gasteiger partial charge in [0, 0.05) is 24.2 Å². The second-order valence-corrected chi connectivity index (χ2v) is 11.6. The summed E-state index contributed by atoms with van der Waals surface area (Å²) in [4.78, 5) is 25.5. The zero-order chi connectivity index (χ0) is 28.7. The largest absolute Gasteiger partial charge is 0.489 e. The van der Waals surface area contributed by atoms with Crippen LogP contribution < -0.4 is 14.4 Å². The number of benzene rings is 4. The van der Waals surface area contributed by atoms with Gasteiger partial charge in [-0.25, -0.2) is 4.21 Å². The normalized spacial score (nSPS) is 16.6. The van der Waals surface area contributed by atoms with Gasteiger partial charge in [0.2, 0.25) is 0 Å². The van der Waals surface area contributed by atoms with Crippen molar-refractivity contribution in [1.29, 1.82) is 0 Å². The van der Waals surface area contributed by atoms with Crippen LogP contribution in [0, 0.1) is 0 Å². The summed E-state index contributed by atoms with van der Waals surface area (Å²) in [6, 6.07) is 29.5. The van der Waals surface area contributed by atoms with Gasteiger partial charge in [-0.1, -0.05) is 61.0 Å². The van der Waals surface area contributed by atoms with Gasteiger partial charge in [0.05, 0.1) is 20.6 Å². The first-order chi connectivity index (χ1) is 20.7. The molecule has 0 aromatic heterocycles. The fourth-order valence-electron chi connectivity index (χ4n) is 4.98. The average molecular weight is 582 g/mol. The quantitative estimate of drug-likeness (QED) is 0.109. The highest BCUT2D eigenvalue weighted by Crippen LogP contribution is 2.44. The van der Waals surface area contributed by atoms with E-state index in [-0.39, 0.29) is 0 Å². The smallest absolute Gasteiger partial charge is 0.165 e. The first-order valence-corrected chi connectivity index (χ1v) is 15.2.